The minimum atomic E-state index is -0.215. The Kier molecular flexibility index (Phi) is 7.41. The van der Waals surface area contributed by atoms with Gasteiger partial charge in [0, 0.05) is 18.8 Å². The van der Waals surface area contributed by atoms with Gasteiger partial charge >= 0.3 is 6.03 Å². The fourth-order valence-electron chi connectivity index (χ4n) is 2.66. The number of nitrogens with one attached hydrogen (secondary N) is 2. The van der Waals surface area contributed by atoms with Crippen molar-refractivity contribution in [3.63, 3.8) is 0 Å². The van der Waals surface area contributed by atoms with E-state index in [-0.39, 0.29) is 24.7 Å². The zero-order valence-corrected chi connectivity index (χ0v) is 14.9. The van der Waals surface area contributed by atoms with E-state index >= 15 is 0 Å². The quantitative estimate of drug-likeness (QED) is 0.690. The smallest absolute Gasteiger partial charge is 0.315 e. The Labute approximate surface area is 149 Å². The van der Waals surface area contributed by atoms with Crippen LogP contribution >= 0.6 is 0 Å². The van der Waals surface area contributed by atoms with E-state index in [1.165, 1.54) is 5.56 Å². The normalized spacial score (nSPS) is 13.1. The molecule has 3 N–H and O–H groups in total. The van der Waals surface area contributed by atoms with Crippen molar-refractivity contribution in [1.29, 1.82) is 0 Å². The van der Waals surface area contributed by atoms with Crippen LogP contribution in [0.15, 0.2) is 48.7 Å². The third-order valence-electron chi connectivity index (χ3n) is 4.08. The van der Waals surface area contributed by atoms with Crippen LogP contribution in [-0.4, -0.2) is 28.8 Å². The van der Waals surface area contributed by atoms with Crippen molar-refractivity contribution < 1.29 is 9.90 Å². The van der Waals surface area contributed by atoms with E-state index in [0.29, 0.717) is 12.8 Å². The Morgan fingerprint density at radius 2 is 1.92 bits per heavy atom. The number of carbonyl (C=O) groups is 1. The highest BCUT2D eigenvalue weighted by atomic mass is 16.3. The summed E-state index contributed by atoms with van der Waals surface area (Å²) in [5, 5.41) is 14.8. The highest BCUT2D eigenvalue weighted by molar-refractivity contribution is 5.74. The molecule has 2 amide bonds. The number of aromatic nitrogens is 1. The largest absolute Gasteiger partial charge is 0.396 e. The average molecular weight is 341 g/mol. The predicted octanol–water partition coefficient (Wildman–Crippen LogP) is 3.13. The van der Waals surface area contributed by atoms with Gasteiger partial charge in [-0.3, -0.25) is 4.98 Å². The van der Waals surface area contributed by atoms with Crippen LogP contribution in [0.4, 0.5) is 4.79 Å². The summed E-state index contributed by atoms with van der Waals surface area (Å²) in [7, 11) is 0. The first-order valence-corrected chi connectivity index (χ1v) is 8.73. The van der Waals surface area contributed by atoms with Crippen molar-refractivity contribution in [3.8, 4) is 0 Å². The van der Waals surface area contributed by atoms with Gasteiger partial charge in [-0.2, -0.15) is 0 Å². The minimum absolute atomic E-state index is 0.0101. The fourth-order valence-corrected chi connectivity index (χ4v) is 2.66. The second-order valence-corrected chi connectivity index (χ2v) is 6.38. The second kappa shape index (κ2) is 9.79. The van der Waals surface area contributed by atoms with Gasteiger partial charge in [0.05, 0.1) is 11.7 Å². The van der Waals surface area contributed by atoms with E-state index < -0.39 is 0 Å². The number of hydrogen-bond donors (Lipinski definition) is 3. The second-order valence-electron chi connectivity index (χ2n) is 6.38. The van der Waals surface area contributed by atoms with E-state index in [1.54, 1.807) is 6.20 Å². The number of aryl methyl sites for hydroxylation is 1. The van der Waals surface area contributed by atoms with Crippen molar-refractivity contribution in [3.05, 3.63) is 65.5 Å². The number of nitrogens with zero attached hydrogens (tertiary/aromatic N) is 1. The van der Waals surface area contributed by atoms with Gasteiger partial charge in [-0.15, -0.1) is 0 Å². The Morgan fingerprint density at radius 3 is 2.56 bits per heavy atom. The molecule has 0 spiro atoms. The lowest BCUT2D eigenvalue weighted by Gasteiger charge is -2.21. The number of aliphatic hydroxyl groups excluding tert-OH is 1. The zero-order valence-electron chi connectivity index (χ0n) is 14.9. The van der Waals surface area contributed by atoms with Crippen molar-refractivity contribution in [1.82, 2.24) is 15.6 Å². The van der Waals surface area contributed by atoms with Crippen LogP contribution in [0.1, 0.15) is 42.6 Å². The highest BCUT2D eigenvalue weighted by Gasteiger charge is 2.17. The molecule has 2 atom stereocenters. The Hall–Kier alpha value is -2.40. The summed E-state index contributed by atoms with van der Waals surface area (Å²) in [6, 6.07) is 13.6. The summed E-state index contributed by atoms with van der Waals surface area (Å²) in [6.07, 6.45) is 3.83. The molecule has 2 unspecified atom stereocenters. The van der Waals surface area contributed by atoms with Crippen LogP contribution in [0.25, 0.3) is 0 Å². The molecular weight excluding hydrogens is 314 g/mol. The number of amides is 2. The summed E-state index contributed by atoms with van der Waals surface area (Å²) in [6.45, 7) is 4.13. The molecule has 0 saturated heterocycles. The highest BCUT2D eigenvalue weighted by Crippen LogP contribution is 2.17. The van der Waals surface area contributed by atoms with E-state index in [2.05, 4.69) is 46.8 Å². The van der Waals surface area contributed by atoms with Crippen molar-refractivity contribution in [2.24, 2.45) is 0 Å². The van der Waals surface area contributed by atoms with Crippen LogP contribution in [0.2, 0.25) is 0 Å². The van der Waals surface area contributed by atoms with Gasteiger partial charge < -0.3 is 15.7 Å². The number of carbonyl (C=O) groups excluding carboxylic acids is 1. The molecule has 2 aromatic rings. The fraction of sp³-hybridized carbons (Fsp3) is 0.400. The van der Waals surface area contributed by atoms with Crippen molar-refractivity contribution in [2.75, 3.05) is 6.61 Å². The monoisotopic (exact) mass is 341 g/mol. The predicted molar refractivity (Wildman–Crippen MR) is 99.3 cm³/mol. The van der Waals surface area contributed by atoms with Gasteiger partial charge in [-0.05, 0) is 50.8 Å². The molecule has 0 aliphatic carbocycles. The molecule has 0 radical (unpaired) electrons. The topological polar surface area (TPSA) is 74.2 Å². The lowest BCUT2D eigenvalue weighted by molar-refractivity contribution is 0.230. The molecule has 134 valence electrons. The number of benzene rings is 1. The van der Waals surface area contributed by atoms with Crippen LogP contribution in [0.5, 0.6) is 0 Å². The molecule has 0 aliphatic rings. The molecule has 1 heterocycles. The number of pyridine rings is 1. The van der Waals surface area contributed by atoms with E-state index in [9.17, 15) is 4.79 Å². The van der Waals surface area contributed by atoms with Gasteiger partial charge in [-0.1, -0.05) is 35.9 Å². The SMILES string of the molecule is Cc1ccc(CC(NC(=O)NC(C)CCCO)c2ccccn2)cc1. The van der Waals surface area contributed by atoms with Crippen LogP contribution in [0.3, 0.4) is 0 Å². The maximum Gasteiger partial charge on any atom is 0.315 e. The third kappa shape index (κ3) is 6.55. The molecule has 1 aromatic heterocycles. The maximum absolute atomic E-state index is 12.3. The minimum Gasteiger partial charge on any atom is -0.396 e. The van der Waals surface area contributed by atoms with Gasteiger partial charge in [0.2, 0.25) is 0 Å². The molecule has 0 bridgehead atoms. The van der Waals surface area contributed by atoms with Gasteiger partial charge in [0.1, 0.15) is 0 Å². The number of rotatable bonds is 8. The molecular formula is C20H27N3O2. The zero-order chi connectivity index (χ0) is 18.1. The van der Waals surface area contributed by atoms with Crippen LogP contribution in [0, 0.1) is 6.92 Å². The van der Waals surface area contributed by atoms with E-state index in [0.717, 1.165) is 17.7 Å². The van der Waals surface area contributed by atoms with Crippen LogP contribution in [-0.2, 0) is 6.42 Å². The number of aliphatic hydroxyl groups is 1. The summed E-state index contributed by atoms with van der Waals surface area (Å²) >= 11 is 0. The first-order chi connectivity index (χ1) is 12.1. The lowest BCUT2D eigenvalue weighted by atomic mass is 10.0. The summed E-state index contributed by atoms with van der Waals surface area (Å²) in [4.78, 5) is 16.7. The van der Waals surface area contributed by atoms with Gasteiger partial charge in [0.15, 0.2) is 0 Å². The van der Waals surface area contributed by atoms with Crippen LogP contribution < -0.4 is 10.6 Å². The number of hydrogen-bond acceptors (Lipinski definition) is 3. The lowest BCUT2D eigenvalue weighted by Crippen LogP contribution is -2.43. The maximum atomic E-state index is 12.3. The third-order valence-corrected chi connectivity index (χ3v) is 4.08. The van der Waals surface area contributed by atoms with Crippen molar-refractivity contribution >= 4 is 6.03 Å². The first kappa shape index (κ1) is 18.9. The summed E-state index contributed by atoms with van der Waals surface area (Å²) < 4.78 is 0. The Bertz CT molecular complexity index is 644. The molecule has 0 fully saturated rings. The van der Waals surface area contributed by atoms with Crippen molar-refractivity contribution in [2.45, 2.75) is 45.2 Å². The number of urea groups is 1. The van der Waals surface area contributed by atoms with E-state index in [1.807, 2.05) is 25.1 Å². The molecule has 0 saturated carbocycles. The standard InChI is InChI=1S/C20H27N3O2/c1-15-8-10-17(11-9-15)14-19(18-7-3-4-12-21-18)23-20(25)22-16(2)6-5-13-24/h3-4,7-12,16,19,24H,5-6,13-14H2,1-2H3,(H2,22,23,25). The average Bonchev–Trinajstić information content (AvgIpc) is 2.62. The van der Waals surface area contributed by atoms with Gasteiger partial charge in [0.25, 0.3) is 0 Å². The molecule has 5 nitrogen and oxygen atoms in total. The summed E-state index contributed by atoms with van der Waals surface area (Å²) in [5.74, 6) is 0. The molecule has 2 rings (SSSR count). The van der Waals surface area contributed by atoms with Gasteiger partial charge in [-0.25, -0.2) is 4.79 Å². The first-order valence-electron chi connectivity index (χ1n) is 8.73. The Balaban J connectivity index is 2.04. The Morgan fingerprint density at radius 1 is 1.16 bits per heavy atom. The molecule has 5 heteroatoms. The van der Waals surface area contributed by atoms with E-state index in [4.69, 9.17) is 5.11 Å². The molecule has 0 aliphatic heterocycles. The summed E-state index contributed by atoms with van der Waals surface area (Å²) in [5.41, 5.74) is 3.19. The molecule has 1 aromatic carbocycles. The molecule has 25 heavy (non-hydrogen) atoms.